The molecule has 0 aliphatic rings. The number of nitrogens with one attached hydrogen (secondary N) is 2. The Hall–Kier alpha value is -2.24. The molecular formula is C14H20N2O4. The van der Waals surface area contributed by atoms with Crippen LogP contribution in [-0.2, 0) is 11.2 Å². The molecule has 0 radical (unpaired) electrons. The average molecular weight is 280 g/mol. The highest BCUT2D eigenvalue weighted by Gasteiger charge is 2.20. The highest BCUT2D eigenvalue weighted by molar-refractivity contribution is 5.82. The second-order valence-electron chi connectivity index (χ2n) is 4.69. The minimum atomic E-state index is -1.10. The monoisotopic (exact) mass is 280 g/mol. The highest BCUT2D eigenvalue weighted by Crippen LogP contribution is 2.11. The fourth-order valence-electron chi connectivity index (χ4n) is 1.59. The molecule has 0 aromatic heterocycles. The van der Waals surface area contributed by atoms with E-state index in [9.17, 15) is 14.7 Å². The third-order valence-electron chi connectivity index (χ3n) is 2.97. The van der Waals surface area contributed by atoms with E-state index in [1.807, 2.05) is 13.8 Å². The van der Waals surface area contributed by atoms with E-state index in [0.717, 1.165) is 12.0 Å². The van der Waals surface area contributed by atoms with Crippen molar-refractivity contribution in [1.82, 2.24) is 10.6 Å². The first-order valence-electron chi connectivity index (χ1n) is 6.50. The van der Waals surface area contributed by atoms with E-state index in [-0.39, 0.29) is 18.2 Å². The van der Waals surface area contributed by atoms with Crippen molar-refractivity contribution in [3.05, 3.63) is 29.8 Å². The van der Waals surface area contributed by atoms with Crippen molar-refractivity contribution >= 4 is 12.0 Å². The Kier molecular flexibility index (Phi) is 5.83. The number of carbonyl (C=O) groups excluding carboxylic acids is 1. The van der Waals surface area contributed by atoms with Crippen molar-refractivity contribution < 1.29 is 19.8 Å². The van der Waals surface area contributed by atoms with Crippen LogP contribution in [0.25, 0.3) is 0 Å². The minimum Gasteiger partial charge on any atom is -0.508 e. The summed E-state index contributed by atoms with van der Waals surface area (Å²) >= 11 is 0. The number of carboxylic acids is 1. The smallest absolute Gasteiger partial charge is 0.326 e. The van der Waals surface area contributed by atoms with Crippen LogP contribution in [-0.4, -0.2) is 34.3 Å². The van der Waals surface area contributed by atoms with Gasteiger partial charge in [0.2, 0.25) is 0 Å². The average Bonchev–Trinajstić information content (AvgIpc) is 2.40. The Labute approximate surface area is 117 Å². The number of hydrogen-bond donors (Lipinski definition) is 4. The topological polar surface area (TPSA) is 98.7 Å². The lowest BCUT2D eigenvalue weighted by Crippen LogP contribution is -2.49. The molecule has 0 fully saturated rings. The number of urea groups is 1. The van der Waals surface area contributed by atoms with Gasteiger partial charge in [-0.2, -0.15) is 0 Å². The van der Waals surface area contributed by atoms with Crippen LogP contribution in [0, 0.1) is 0 Å². The summed E-state index contributed by atoms with van der Waals surface area (Å²) in [4.78, 5) is 22.8. The van der Waals surface area contributed by atoms with Gasteiger partial charge in [0.05, 0.1) is 0 Å². The number of aromatic hydroxyl groups is 1. The van der Waals surface area contributed by atoms with Gasteiger partial charge in [0.15, 0.2) is 0 Å². The molecule has 6 heteroatoms. The number of aliphatic carboxylic acids is 1. The van der Waals surface area contributed by atoms with E-state index in [0.29, 0.717) is 0 Å². The molecule has 0 bridgehead atoms. The lowest BCUT2D eigenvalue weighted by Gasteiger charge is -2.17. The van der Waals surface area contributed by atoms with Crippen LogP contribution in [0.1, 0.15) is 25.8 Å². The zero-order chi connectivity index (χ0) is 15.1. The van der Waals surface area contributed by atoms with Gasteiger partial charge < -0.3 is 20.8 Å². The number of benzene rings is 1. The maximum atomic E-state index is 11.6. The van der Waals surface area contributed by atoms with Gasteiger partial charge in [0.25, 0.3) is 0 Å². The second kappa shape index (κ2) is 7.37. The molecule has 2 atom stereocenters. The summed E-state index contributed by atoms with van der Waals surface area (Å²) in [6, 6.07) is 4.69. The molecule has 0 saturated heterocycles. The number of carboxylic acid groups (broad SMARTS) is 1. The summed E-state index contributed by atoms with van der Waals surface area (Å²) in [7, 11) is 0. The van der Waals surface area contributed by atoms with Crippen LogP contribution in [0.2, 0.25) is 0 Å². The van der Waals surface area contributed by atoms with Crippen molar-refractivity contribution in [2.24, 2.45) is 0 Å². The lowest BCUT2D eigenvalue weighted by molar-refractivity contribution is -0.139. The molecule has 4 N–H and O–H groups in total. The first-order chi connectivity index (χ1) is 9.42. The zero-order valence-corrected chi connectivity index (χ0v) is 11.6. The van der Waals surface area contributed by atoms with Gasteiger partial charge in [-0.1, -0.05) is 19.1 Å². The molecule has 20 heavy (non-hydrogen) atoms. The van der Waals surface area contributed by atoms with Crippen LogP contribution < -0.4 is 10.6 Å². The van der Waals surface area contributed by atoms with E-state index >= 15 is 0 Å². The second-order valence-corrected chi connectivity index (χ2v) is 4.69. The first-order valence-corrected chi connectivity index (χ1v) is 6.50. The largest absolute Gasteiger partial charge is 0.508 e. The summed E-state index contributed by atoms with van der Waals surface area (Å²) in [6.07, 6.45) is 0.923. The number of phenolic OH excluding ortho intramolecular Hbond substituents is 1. The molecule has 6 nitrogen and oxygen atoms in total. The molecule has 0 heterocycles. The zero-order valence-electron chi connectivity index (χ0n) is 11.6. The predicted octanol–water partition coefficient (Wildman–Crippen LogP) is 1.49. The SMILES string of the molecule is CCC(C)NC(=O)N[C@@H](Cc1ccc(O)cc1)C(=O)O. The van der Waals surface area contributed by atoms with Gasteiger partial charge in [-0.3, -0.25) is 0 Å². The standard InChI is InChI=1S/C14H20N2O4/c1-3-9(2)15-14(20)16-12(13(18)19)8-10-4-6-11(17)7-5-10/h4-7,9,12,17H,3,8H2,1-2H3,(H,18,19)(H2,15,16,20)/t9?,12-/m0/s1. The van der Waals surface area contributed by atoms with Crippen molar-refractivity contribution in [1.29, 1.82) is 0 Å². The van der Waals surface area contributed by atoms with Gasteiger partial charge >= 0.3 is 12.0 Å². The molecule has 2 amide bonds. The third-order valence-corrected chi connectivity index (χ3v) is 2.97. The Bertz CT molecular complexity index is 459. The molecule has 0 aliphatic carbocycles. The maximum absolute atomic E-state index is 11.6. The molecule has 0 saturated carbocycles. The fourth-order valence-corrected chi connectivity index (χ4v) is 1.59. The molecule has 0 spiro atoms. The molecular weight excluding hydrogens is 260 g/mol. The van der Waals surface area contributed by atoms with Crippen LogP contribution >= 0.6 is 0 Å². The van der Waals surface area contributed by atoms with Crippen LogP contribution in [0.5, 0.6) is 5.75 Å². The van der Waals surface area contributed by atoms with Crippen LogP contribution in [0.3, 0.4) is 0 Å². The number of rotatable bonds is 6. The summed E-state index contributed by atoms with van der Waals surface area (Å²) in [5, 5.41) is 23.4. The third kappa shape index (κ3) is 5.17. The van der Waals surface area contributed by atoms with Crippen LogP contribution in [0.15, 0.2) is 24.3 Å². The van der Waals surface area contributed by atoms with E-state index < -0.39 is 18.0 Å². The number of amides is 2. The van der Waals surface area contributed by atoms with Gasteiger partial charge in [0, 0.05) is 12.5 Å². The van der Waals surface area contributed by atoms with Crippen LogP contribution in [0.4, 0.5) is 4.79 Å². The van der Waals surface area contributed by atoms with Gasteiger partial charge in [-0.25, -0.2) is 9.59 Å². The van der Waals surface area contributed by atoms with Gasteiger partial charge in [-0.15, -0.1) is 0 Å². The van der Waals surface area contributed by atoms with Crippen molar-refractivity contribution in [2.45, 2.75) is 38.8 Å². The van der Waals surface area contributed by atoms with E-state index in [4.69, 9.17) is 5.11 Å². The molecule has 0 aliphatic heterocycles. The fraction of sp³-hybridized carbons (Fsp3) is 0.429. The summed E-state index contributed by atoms with van der Waals surface area (Å²) < 4.78 is 0. The Morgan fingerprint density at radius 3 is 2.30 bits per heavy atom. The molecule has 1 unspecified atom stereocenters. The van der Waals surface area contributed by atoms with Crippen molar-refractivity contribution in [2.75, 3.05) is 0 Å². The minimum absolute atomic E-state index is 0.0156. The molecule has 1 rings (SSSR count). The van der Waals surface area contributed by atoms with Gasteiger partial charge in [-0.05, 0) is 31.0 Å². The summed E-state index contributed by atoms with van der Waals surface area (Å²) in [6.45, 7) is 3.77. The molecule has 110 valence electrons. The number of phenols is 1. The Balaban J connectivity index is 2.63. The predicted molar refractivity (Wildman–Crippen MR) is 74.7 cm³/mol. The lowest BCUT2D eigenvalue weighted by atomic mass is 10.1. The van der Waals surface area contributed by atoms with Crippen molar-refractivity contribution in [3.8, 4) is 5.75 Å². The van der Waals surface area contributed by atoms with E-state index in [2.05, 4.69) is 10.6 Å². The van der Waals surface area contributed by atoms with E-state index in [1.54, 1.807) is 12.1 Å². The number of carbonyl (C=O) groups is 2. The quantitative estimate of drug-likeness (QED) is 0.634. The van der Waals surface area contributed by atoms with Crippen molar-refractivity contribution in [3.63, 3.8) is 0 Å². The Morgan fingerprint density at radius 2 is 1.80 bits per heavy atom. The molecule has 1 aromatic rings. The van der Waals surface area contributed by atoms with Gasteiger partial charge in [0.1, 0.15) is 11.8 Å². The Morgan fingerprint density at radius 1 is 1.20 bits per heavy atom. The number of hydrogen-bond acceptors (Lipinski definition) is 3. The maximum Gasteiger partial charge on any atom is 0.326 e. The summed E-state index contributed by atoms with van der Waals surface area (Å²) in [5.41, 5.74) is 0.721. The normalized spacial score (nSPS) is 13.3. The molecule has 1 aromatic carbocycles. The first kappa shape index (κ1) is 15.8. The summed E-state index contributed by atoms with van der Waals surface area (Å²) in [5.74, 6) is -0.986. The van der Waals surface area contributed by atoms with E-state index in [1.165, 1.54) is 12.1 Å². The highest BCUT2D eigenvalue weighted by atomic mass is 16.4.